The quantitative estimate of drug-likeness (QED) is 0.407. The van der Waals surface area contributed by atoms with Gasteiger partial charge in [-0.15, -0.1) is 18.3 Å². The third kappa shape index (κ3) is 4.62. The van der Waals surface area contributed by atoms with Gasteiger partial charge in [0.1, 0.15) is 0 Å². The van der Waals surface area contributed by atoms with Crippen LogP contribution in [0.5, 0.6) is 0 Å². The third-order valence-corrected chi connectivity index (χ3v) is 6.76. The zero-order valence-corrected chi connectivity index (χ0v) is 17.0. The van der Waals surface area contributed by atoms with Gasteiger partial charge in [0.15, 0.2) is 0 Å². The van der Waals surface area contributed by atoms with Crippen LogP contribution < -0.4 is 0 Å². The van der Waals surface area contributed by atoms with E-state index in [1.807, 2.05) is 30.0 Å². The van der Waals surface area contributed by atoms with Crippen molar-refractivity contribution in [2.75, 3.05) is 13.1 Å². The van der Waals surface area contributed by atoms with E-state index < -0.39 is 0 Å². The maximum absolute atomic E-state index is 6.12. The van der Waals surface area contributed by atoms with Crippen LogP contribution in [0.1, 0.15) is 22.3 Å². The molecule has 2 aromatic carbocycles. The number of benzene rings is 2. The number of likely N-dealkylation sites (tertiary alicyclic amines) is 1. The Morgan fingerprint density at radius 3 is 2.36 bits per heavy atom. The molecule has 1 fully saturated rings. The predicted octanol–water partition coefficient (Wildman–Crippen LogP) is 6.52. The van der Waals surface area contributed by atoms with Crippen LogP contribution in [-0.2, 0) is 12.3 Å². The lowest BCUT2D eigenvalue weighted by Gasteiger charge is -2.37. The zero-order chi connectivity index (χ0) is 18.0. The summed E-state index contributed by atoms with van der Waals surface area (Å²) >= 11 is 14.0. The molecule has 0 saturated carbocycles. The normalized spacial score (nSPS) is 15.2. The van der Waals surface area contributed by atoms with E-state index in [0.717, 1.165) is 25.4 Å². The van der Waals surface area contributed by atoms with Crippen LogP contribution >= 0.6 is 35.0 Å². The van der Waals surface area contributed by atoms with E-state index in [-0.39, 0.29) is 0 Å². The molecule has 0 bridgehead atoms. The smallest absolute Gasteiger partial charge is 0.0595 e. The number of thioether (sulfide) groups is 1. The molecular weight excluding hydrogens is 369 g/mol. The second-order valence-electron chi connectivity index (χ2n) is 6.79. The Balaban J connectivity index is 1.65. The SMILES string of the molecule is C=CC1CN(Cc2cc(C)c(SCc3ccc(Cl)c(Cl)c3)c(C)c2)C1. The van der Waals surface area contributed by atoms with Crippen molar-refractivity contribution in [3.8, 4) is 0 Å². The molecule has 0 atom stereocenters. The number of nitrogens with zero attached hydrogens (tertiary/aromatic N) is 1. The van der Waals surface area contributed by atoms with Crippen LogP contribution in [0.4, 0.5) is 0 Å². The van der Waals surface area contributed by atoms with Gasteiger partial charge in [0, 0.05) is 36.2 Å². The van der Waals surface area contributed by atoms with Gasteiger partial charge in [-0.2, -0.15) is 0 Å². The highest BCUT2D eigenvalue weighted by molar-refractivity contribution is 7.98. The number of halogens is 2. The average molecular weight is 392 g/mol. The second-order valence-corrected chi connectivity index (χ2v) is 8.59. The summed E-state index contributed by atoms with van der Waals surface area (Å²) in [6.45, 7) is 11.6. The number of rotatable bonds is 6. The van der Waals surface area contributed by atoms with E-state index in [0.29, 0.717) is 16.0 Å². The molecule has 0 aliphatic carbocycles. The van der Waals surface area contributed by atoms with Gasteiger partial charge in [-0.3, -0.25) is 4.90 Å². The number of aryl methyl sites for hydroxylation is 2. The lowest BCUT2D eigenvalue weighted by atomic mass is 9.98. The Morgan fingerprint density at radius 2 is 1.76 bits per heavy atom. The highest BCUT2D eigenvalue weighted by atomic mass is 35.5. The van der Waals surface area contributed by atoms with Gasteiger partial charge in [0.05, 0.1) is 10.0 Å². The molecule has 0 radical (unpaired) electrons. The lowest BCUT2D eigenvalue weighted by Crippen LogP contribution is -2.44. The summed E-state index contributed by atoms with van der Waals surface area (Å²) in [5.41, 5.74) is 5.29. The fourth-order valence-corrected chi connectivity index (χ4v) is 4.67. The van der Waals surface area contributed by atoms with Gasteiger partial charge in [-0.25, -0.2) is 0 Å². The molecule has 1 saturated heterocycles. The topological polar surface area (TPSA) is 3.24 Å². The summed E-state index contributed by atoms with van der Waals surface area (Å²) in [4.78, 5) is 3.84. The van der Waals surface area contributed by atoms with Crippen molar-refractivity contribution in [1.29, 1.82) is 0 Å². The molecule has 0 aromatic heterocycles. The molecule has 1 aliphatic rings. The lowest BCUT2D eigenvalue weighted by molar-refractivity contribution is 0.122. The van der Waals surface area contributed by atoms with Crippen LogP contribution in [0.25, 0.3) is 0 Å². The van der Waals surface area contributed by atoms with Gasteiger partial charge in [-0.05, 0) is 48.2 Å². The first kappa shape index (κ1) is 18.8. The van der Waals surface area contributed by atoms with Gasteiger partial charge in [0.25, 0.3) is 0 Å². The molecule has 4 heteroatoms. The van der Waals surface area contributed by atoms with Crippen molar-refractivity contribution in [1.82, 2.24) is 4.90 Å². The predicted molar refractivity (Wildman–Crippen MR) is 111 cm³/mol. The highest BCUT2D eigenvalue weighted by Crippen LogP contribution is 2.32. The molecule has 1 nitrogen and oxygen atoms in total. The zero-order valence-electron chi connectivity index (χ0n) is 14.7. The Morgan fingerprint density at radius 1 is 1.08 bits per heavy atom. The first-order valence-electron chi connectivity index (χ1n) is 8.48. The van der Waals surface area contributed by atoms with E-state index in [2.05, 4.69) is 43.5 Å². The standard InChI is InChI=1S/C21H23Cl2NS/c1-4-16-10-24(11-16)12-18-7-14(2)21(15(3)8-18)25-13-17-5-6-19(22)20(23)9-17/h4-9,16H,1,10-13H2,2-3H3. The summed E-state index contributed by atoms with van der Waals surface area (Å²) in [6, 6.07) is 10.5. The minimum Gasteiger partial charge on any atom is -0.298 e. The fourth-order valence-electron chi connectivity index (χ4n) is 3.29. The van der Waals surface area contributed by atoms with Gasteiger partial charge in [0.2, 0.25) is 0 Å². The van der Waals surface area contributed by atoms with E-state index in [9.17, 15) is 0 Å². The number of hydrogen-bond donors (Lipinski definition) is 0. The largest absolute Gasteiger partial charge is 0.298 e. The first-order valence-corrected chi connectivity index (χ1v) is 10.2. The summed E-state index contributed by atoms with van der Waals surface area (Å²) in [5, 5.41) is 1.23. The molecular formula is C21H23Cl2NS. The Labute approximate surface area is 165 Å². The summed E-state index contributed by atoms with van der Waals surface area (Å²) in [7, 11) is 0. The van der Waals surface area contributed by atoms with E-state index in [1.54, 1.807) is 0 Å². The van der Waals surface area contributed by atoms with Gasteiger partial charge >= 0.3 is 0 Å². The maximum Gasteiger partial charge on any atom is 0.0595 e. The van der Waals surface area contributed by atoms with E-state index in [1.165, 1.54) is 27.1 Å². The minimum atomic E-state index is 0.608. The Kier molecular flexibility index (Phi) is 6.17. The van der Waals surface area contributed by atoms with Crippen LogP contribution in [0.3, 0.4) is 0 Å². The molecule has 132 valence electrons. The first-order chi connectivity index (χ1) is 12.0. The Hall–Kier alpha value is -0.930. The summed E-state index contributed by atoms with van der Waals surface area (Å²) in [5.74, 6) is 1.56. The van der Waals surface area contributed by atoms with Gasteiger partial charge in [-0.1, -0.05) is 47.5 Å². The monoisotopic (exact) mass is 391 g/mol. The van der Waals surface area contributed by atoms with Gasteiger partial charge < -0.3 is 0 Å². The molecule has 1 heterocycles. The highest BCUT2D eigenvalue weighted by Gasteiger charge is 2.23. The van der Waals surface area contributed by atoms with E-state index in [4.69, 9.17) is 23.2 Å². The van der Waals surface area contributed by atoms with Crippen LogP contribution in [0, 0.1) is 19.8 Å². The van der Waals surface area contributed by atoms with Crippen molar-refractivity contribution < 1.29 is 0 Å². The minimum absolute atomic E-state index is 0.608. The van der Waals surface area contributed by atoms with Crippen LogP contribution in [-0.4, -0.2) is 18.0 Å². The van der Waals surface area contributed by atoms with Crippen molar-refractivity contribution >= 4 is 35.0 Å². The van der Waals surface area contributed by atoms with Crippen molar-refractivity contribution in [2.45, 2.75) is 31.0 Å². The molecule has 25 heavy (non-hydrogen) atoms. The maximum atomic E-state index is 6.12. The molecule has 3 rings (SSSR count). The third-order valence-electron chi connectivity index (χ3n) is 4.61. The van der Waals surface area contributed by atoms with E-state index >= 15 is 0 Å². The van der Waals surface area contributed by atoms with Crippen molar-refractivity contribution in [3.05, 3.63) is 75.3 Å². The van der Waals surface area contributed by atoms with Crippen molar-refractivity contribution in [2.24, 2.45) is 5.92 Å². The van der Waals surface area contributed by atoms with Crippen molar-refractivity contribution in [3.63, 3.8) is 0 Å². The Bertz CT molecular complexity index is 758. The second kappa shape index (κ2) is 8.18. The van der Waals surface area contributed by atoms with Crippen LogP contribution in [0.15, 0.2) is 47.9 Å². The molecule has 0 N–H and O–H groups in total. The molecule has 1 aliphatic heterocycles. The van der Waals surface area contributed by atoms with Crippen LogP contribution in [0.2, 0.25) is 10.0 Å². The molecule has 0 unspecified atom stereocenters. The molecule has 0 amide bonds. The molecule has 0 spiro atoms. The summed E-state index contributed by atoms with van der Waals surface area (Å²) in [6.07, 6.45) is 2.07. The summed E-state index contributed by atoms with van der Waals surface area (Å²) < 4.78 is 0. The average Bonchev–Trinajstić information content (AvgIpc) is 2.53. The number of hydrogen-bond acceptors (Lipinski definition) is 2. The fraction of sp³-hybridized carbons (Fsp3) is 0.333. The molecule has 2 aromatic rings.